The zero-order valence-electron chi connectivity index (χ0n) is 20.9. The van der Waals surface area contributed by atoms with Crippen molar-refractivity contribution < 1.29 is 18.3 Å². The molecule has 1 heterocycles. The molecule has 0 radical (unpaired) electrons. The third-order valence-electron chi connectivity index (χ3n) is 7.94. The molecule has 1 aromatic carbocycles. The number of sulfonamides is 1. The first-order valence-corrected chi connectivity index (χ1v) is 14.2. The second kappa shape index (κ2) is 8.92. The average molecular weight is 476 g/mol. The molecule has 0 unspecified atom stereocenters. The van der Waals surface area contributed by atoms with Gasteiger partial charge in [-0.25, -0.2) is 13.1 Å². The second-order valence-electron chi connectivity index (χ2n) is 11.5. The Morgan fingerprint density at radius 2 is 1.91 bits per heavy atom. The standard InChI is InChI=1S/C27H41NO4S/c1-6-7-8-9-14-26(2,3)18-15-23(29)25-21-17-20(33(30,31)28-19-10-11-19)12-13-22(21)27(4,5)32-24(25)16-18/h12,15-16,19,21-22,28-29H,6-11,13-14,17H2,1-5H3/t21-,22-/m1/s1. The van der Waals surface area contributed by atoms with Crippen LogP contribution in [0, 0.1) is 5.92 Å². The Morgan fingerprint density at radius 1 is 1.18 bits per heavy atom. The Morgan fingerprint density at radius 3 is 2.58 bits per heavy atom. The van der Waals surface area contributed by atoms with Gasteiger partial charge in [0.2, 0.25) is 10.0 Å². The summed E-state index contributed by atoms with van der Waals surface area (Å²) in [5.41, 5.74) is 1.35. The van der Waals surface area contributed by atoms with E-state index in [0.29, 0.717) is 23.5 Å². The molecule has 0 aromatic heterocycles. The molecule has 1 aromatic rings. The fourth-order valence-electron chi connectivity index (χ4n) is 5.61. The SMILES string of the molecule is CCCCCCC(C)(C)c1cc(O)c2c(c1)OC(C)(C)[C@@H]1CC=C(S(=O)(=O)NC3CC3)C[C@@H]21. The van der Waals surface area contributed by atoms with Crippen LogP contribution in [0.15, 0.2) is 23.1 Å². The Balaban J connectivity index is 1.64. The van der Waals surface area contributed by atoms with E-state index in [2.05, 4.69) is 45.4 Å². The van der Waals surface area contributed by atoms with Crippen molar-refractivity contribution in [1.82, 2.24) is 4.72 Å². The van der Waals surface area contributed by atoms with Gasteiger partial charge in [0.05, 0.1) is 4.91 Å². The predicted molar refractivity (Wildman–Crippen MR) is 133 cm³/mol. The molecular weight excluding hydrogens is 434 g/mol. The number of benzene rings is 1. The van der Waals surface area contributed by atoms with Gasteiger partial charge in [0.1, 0.15) is 17.1 Å². The Hall–Kier alpha value is -1.53. The van der Waals surface area contributed by atoms with E-state index in [-0.39, 0.29) is 29.0 Å². The topological polar surface area (TPSA) is 75.6 Å². The van der Waals surface area contributed by atoms with Gasteiger partial charge in [-0.1, -0.05) is 52.5 Å². The lowest BCUT2D eigenvalue weighted by atomic mass is 9.68. The molecule has 3 aliphatic rings. The largest absolute Gasteiger partial charge is 0.508 e. The van der Waals surface area contributed by atoms with Crippen LogP contribution < -0.4 is 9.46 Å². The normalized spacial score (nSPS) is 24.5. The van der Waals surface area contributed by atoms with Crippen molar-refractivity contribution in [3.63, 3.8) is 0 Å². The lowest BCUT2D eigenvalue weighted by Crippen LogP contribution is -2.46. The van der Waals surface area contributed by atoms with Crippen LogP contribution in [0.1, 0.15) is 109 Å². The molecule has 1 saturated carbocycles. The highest BCUT2D eigenvalue weighted by atomic mass is 32.2. The number of allylic oxidation sites excluding steroid dienone is 2. The zero-order valence-corrected chi connectivity index (χ0v) is 21.7. The van der Waals surface area contributed by atoms with E-state index in [1.807, 2.05) is 12.1 Å². The van der Waals surface area contributed by atoms with E-state index < -0.39 is 15.6 Å². The summed E-state index contributed by atoms with van der Waals surface area (Å²) in [6, 6.07) is 4.08. The minimum absolute atomic E-state index is 0.0697. The first-order chi connectivity index (χ1) is 15.4. The highest BCUT2D eigenvalue weighted by Crippen LogP contribution is 2.55. The van der Waals surface area contributed by atoms with Gasteiger partial charge < -0.3 is 9.84 Å². The molecule has 5 nitrogen and oxygen atoms in total. The first kappa shape index (κ1) is 24.6. The number of phenolic OH excluding ortho intramolecular Hbond substituents is 1. The van der Waals surface area contributed by atoms with Gasteiger partial charge in [-0.15, -0.1) is 0 Å². The summed E-state index contributed by atoms with van der Waals surface area (Å²) in [4.78, 5) is 0.457. The summed E-state index contributed by atoms with van der Waals surface area (Å²) in [5.74, 6) is 0.986. The maximum Gasteiger partial charge on any atom is 0.236 e. The Kier molecular flexibility index (Phi) is 6.65. The van der Waals surface area contributed by atoms with Crippen molar-refractivity contribution >= 4 is 10.0 Å². The summed E-state index contributed by atoms with van der Waals surface area (Å²) in [7, 11) is -3.48. The summed E-state index contributed by atoms with van der Waals surface area (Å²) in [6.45, 7) is 10.9. The molecule has 1 fully saturated rings. The molecule has 0 bridgehead atoms. The van der Waals surface area contributed by atoms with Gasteiger partial charge in [-0.2, -0.15) is 0 Å². The van der Waals surface area contributed by atoms with Crippen molar-refractivity contribution in [1.29, 1.82) is 0 Å². The van der Waals surface area contributed by atoms with E-state index in [9.17, 15) is 13.5 Å². The zero-order chi connectivity index (χ0) is 24.0. The van der Waals surface area contributed by atoms with Crippen LogP contribution in [0.25, 0.3) is 0 Å². The molecule has 4 rings (SSSR count). The lowest BCUT2D eigenvalue weighted by molar-refractivity contribution is 0.00791. The highest BCUT2D eigenvalue weighted by molar-refractivity contribution is 7.93. The molecule has 0 saturated heterocycles. The molecule has 33 heavy (non-hydrogen) atoms. The Bertz CT molecular complexity index is 1020. The number of ether oxygens (including phenoxy) is 1. The fourth-order valence-corrected chi connectivity index (χ4v) is 7.15. The van der Waals surface area contributed by atoms with Gasteiger partial charge in [-0.05, 0) is 69.1 Å². The third-order valence-corrected chi connectivity index (χ3v) is 9.61. The van der Waals surface area contributed by atoms with Crippen molar-refractivity contribution in [3.05, 3.63) is 34.2 Å². The summed E-state index contributed by atoms with van der Waals surface area (Å²) in [6.07, 6.45) is 10.6. The van der Waals surface area contributed by atoms with Gasteiger partial charge >= 0.3 is 0 Å². The number of hydrogen-bond donors (Lipinski definition) is 2. The third kappa shape index (κ3) is 5.12. The van der Waals surface area contributed by atoms with Gasteiger partial charge in [-0.3, -0.25) is 0 Å². The van der Waals surface area contributed by atoms with E-state index >= 15 is 0 Å². The van der Waals surface area contributed by atoms with Crippen molar-refractivity contribution in [2.75, 3.05) is 0 Å². The van der Waals surface area contributed by atoms with Gasteiger partial charge in [0, 0.05) is 23.4 Å². The molecule has 0 amide bonds. The van der Waals surface area contributed by atoms with Crippen LogP contribution in [0.3, 0.4) is 0 Å². The molecule has 2 N–H and O–H groups in total. The number of phenols is 1. The maximum atomic E-state index is 12.9. The monoisotopic (exact) mass is 475 g/mol. The minimum Gasteiger partial charge on any atom is -0.508 e. The summed E-state index contributed by atoms with van der Waals surface area (Å²) < 4.78 is 35.2. The highest BCUT2D eigenvalue weighted by Gasteiger charge is 2.48. The van der Waals surface area contributed by atoms with Crippen LogP contribution >= 0.6 is 0 Å². The predicted octanol–water partition coefficient (Wildman–Crippen LogP) is 6.27. The fraction of sp³-hybridized carbons (Fsp3) is 0.704. The first-order valence-electron chi connectivity index (χ1n) is 12.7. The Labute approximate surface area is 200 Å². The van der Waals surface area contributed by atoms with Crippen LogP contribution in [-0.4, -0.2) is 25.2 Å². The van der Waals surface area contributed by atoms with Crippen LogP contribution in [0.2, 0.25) is 0 Å². The molecule has 2 atom stereocenters. The van der Waals surface area contributed by atoms with E-state index in [1.165, 1.54) is 19.3 Å². The van der Waals surface area contributed by atoms with Crippen LogP contribution in [0.4, 0.5) is 0 Å². The number of nitrogens with one attached hydrogen (secondary N) is 1. The molecule has 184 valence electrons. The van der Waals surface area contributed by atoms with E-state index in [0.717, 1.165) is 36.8 Å². The number of fused-ring (bicyclic) bond motifs is 3. The van der Waals surface area contributed by atoms with Crippen molar-refractivity contribution in [3.8, 4) is 11.5 Å². The second-order valence-corrected chi connectivity index (χ2v) is 13.3. The van der Waals surface area contributed by atoms with Crippen molar-refractivity contribution in [2.24, 2.45) is 5.92 Å². The van der Waals surface area contributed by atoms with Crippen LogP contribution in [0.5, 0.6) is 11.5 Å². The molecule has 6 heteroatoms. The van der Waals surface area contributed by atoms with E-state index in [4.69, 9.17) is 4.74 Å². The number of unbranched alkanes of at least 4 members (excludes halogenated alkanes) is 3. The number of rotatable bonds is 9. The molecule has 2 aliphatic carbocycles. The van der Waals surface area contributed by atoms with Gasteiger partial charge in [0.15, 0.2) is 0 Å². The summed E-state index contributed by atoms with van der Waals surface area (Å²) in [5, 5.41) is 11.2. The molecular formula is C27H41NO4S. The quantitative estimate of drug-likeness (QED) is 0.413. The summed E-state index contributed by atoms with van der Waals surface area (Å²) >= 11 is 0. The molecule has 1 aliphatic heterocycles. The van der Waals surface area contributed by atoms with Crippen LogP contribution in [-0.2, 0) is 15.4 Å². The lowest BCUT2D eigenvalue weighted by Gasteiger charge is -2.47. The smallest absolute Gasteiger partial charge is 0.236 e. The van der Waals surface area contributed by atoms with Gasteiger partial charge in [0.25, 0.3) is 0 Å². The van der Waals surface area contributed by atoms with Crippen molar-refractivity contribution in [2.45, 2.75) is 115 Å². The number of aromatic hydroxyl groups is 1. The maximum absolute atomic E-state index is 12.9. The number of hydrogen-bond acceptors (Lipinski definition) is 4. The van der Waals surface area contributed by atoms with E-state index in [1.54, 1.807) is 0 Å². The average Bonchev–Trinajstić information content (AvgIpc) is 3.53. The minimum atomic E-state index is -3.48. The molecule has 0 spiro atoms.